The Hall–Kier alpha value is -2.63. The standard InChI is InChI=1S/C30H33F3O2/c1-3-4-5-6-7-8-28-34-18-24(19-35-28)25-16-14-23(17-27(25)31)21-10-12-22(13-11-21)26-15-9-20(2)29(32)30(26)33/h9-17,24,28H,3-8,18-19H2,1-2H3. The number of rotatable bonds is 9. The van der Waals surface area contributed by atoms with Crippen molar-refractivity contribution in [2.24, 2.45) is 0 Å². The van der Waals surface area contributed by atoms with E-state index < -0.39 is 11.6 Å². The van der Waals surface area contributed by atoms with E-state index in [1.165, 1.54) is 38.7 Å². The van der Waals surface area contributed by atoms with Crippen LogP contribution < -0.4 is 0 Å². The maximum absolute atomic E-state index is 15.0. The Morgan fingerprint density at radius 1 is 0.743 bits per heavy atom. The third kappa shape index (κ3) is 6.14. The van der Waals surface area contributed by atoms with Crippen molar-refractivity contribution in [3.63, 3.8) is 0 Å². The second-order valence-corrected chi connectivity index (χ2v) is 9.37. The SMILES string of the molecule is CCCCCCCC1OCC(c2ccc(-c3ccc(-c4ccc(C)c(F)c4F)cc3)cc2F)CO1. The van der Waals surface area contributed by atoms with Gasteiger partial charge in [0.05, 0.1) is 13.2 Å². The summed E-state index contributed by atoms with van der Waals surface area (Å²) in [5, 5.41) is 0. The van der Waals surface area contributed by atoms with Crippen molar-refractivity contribution in [1.82, 2.24) is 0 Å². The van der Waals surface area contributed by atoms with Gasteiger partial charge >= 0.3 is 0 Å². The Morgan fingerprint density at radius 2 is 1.40 bits per heavy atom. The fourth-order valence-electron chi connectivity index (χ4n) is 4.55. The van der Waals surface area contributed by atoms with E-state index >= 15 is 4.39 Å². The molecule has 0 saturated carbocycles. The zero-order chi connectivity index (χ0) is 24.8. The molecule has 0 N–H and O–H groups in total. The smallest absolute Gasteiger partial charge is 0.166 e. The zero-order valence-corrected chi connectivity index (χ0v) is 20.5. The Bertz CT molecular complexity index is 1120. The molecule has 3 aromatic rings. The summed E-state index contributed by atoms with van der Waals surface area (Å²) in [6, 6.07) is 15.3. The highest BCUT2D eigenvalue weighted by Crippen LogP contribution is 2.32. The first-order valence-corrected chi connectivity index (χ1v) is 12.6. The Kier molecular flexibility index (Phi) is 8.64. The molecule has 35 heavy (non-hydrogen) atoms. The van der Waals surface area contributed by atoms with Crippen molar-refractivity contribution in [2.45, 2.75) is 64.6 Å². The van der Waals surface area contributed by atoms with Gasteiger partial charge in [-0.1, -0.05) is 81.1 Å². The predicted octanol–water partition coefficient (Wildman–Crippen LogP) is 8.56. The lowest BCUT2D eigenvalue weighted by atomic mass is 9.95. The lowest BCUT2D eigenvalue weighted by Gasteiger charge is -2.30. The highest BCUT2D eigenvalue weighted by atomic mass is 19.2. The molecule has 1 fully saturated rings. The lowest BCUT2D eigenvalue weighted by molar-refractivity contribution is -0.190. The lowest BCUT2D eigenvalue weighted by Crippen LogP contribution is -2.31. The second kappa shape index (κ2) is 11.9. The number of unbranched alkanes of at least 4 members (excludes halogenated alkanes) is 4. The molecule has 1 saturated heterocycles. The molecule has 3 aromatic carbocycles. The fourth-order valence-corrected chi connectivity index (χ4v) is 4.55. The van der Waals surface area contributed by atoms with Crippen LogP contribution in [-0.4, -0.2) is 19.5 Å². The number of benzene rings is 3. The van der Waals surface area contributed by atoms with Crippen LogP contribution in [0.15, 0.2) is 54.6 Å². The van der Waals surface area contributed by atoms with Gasteiger partial charge in [-0.25, -0.2) is 13.2 Å². The van der Waals surface area contributed by atoms with Crippen LogP contribution in [0.4, 0.5) is 13.2 Å². The van der Waals surface area contributed by atoms with Crippen molar-refractivity contribution in [3.05, 3.63) is 83.2 Å². The van der Waals surface area contributed by atoms with Crippen molar-refractivity contribution < 1.29 is 22.6 Å². The molecule has 0 radical (unpaired) electrons. The van der Waals surface area contributed by atoms with E-state index in [1.54, 1.807) is 42.5 Å². The van der Waals surface area contributed by atoms with E-state index in [1.807, 2.05) is 6.07 Å². The quantitative estimate of drug-likeness (QED) is 0.284. The minimum absolute atomic E-state index is 0.137. The first-order valence-electron chi connectivity index (χ1n) is 12.6. The summed E-state index contributed by atoms with van der Waals surface area (Å²) in [5.41, 5.74) is 3.15. The third-order valence-corrected chi connectivity index (χ3v) is 6.75. The van der Waals surface area contributed by atoms with Gasteiger partial charge in [0, 0.05) is 11.5 Å². The topological polar surface area (TPSA) is 18.5 Å². The third-order valence-electron chi connectivity index (χ3n) is 6.75. The molecule has 2 nitrogen and oxygen atoms in total. The summed E-state index contributed by atoms with van der Waals surface area (Å²) < 4.78 is 55.0. The number of aryl methyl sites for hydroxylation is 1. The average Bonchev–Trinajstić information content (AvgIpc) is 2.88. The van der Waals surface area contributed by atoms with Crippen LogP contribution >= 0.6 is 0 Å². The summed E-state index contributed by atoms with van der Waals surface area (Å²) in [6.45, 7) is 4.63. The van der Waals surface area contributed by atoms with E-state index in [-0.39, 0.29) is 29.2 Å². The minimum Gasteiger partial charge on any atom is -0.352 e. The molecule has 0 atom stereocenters. The number of hydrogen-bond acceptors (Lipinski definition) is 2. The van der Waals surface area contributed by atoms with Crippen LogP contribution in [0.2, 0.25) is 0 Å². The first kappa shape index (κ1) is 25.5. The van der Waals surface area contributed by atoms with E-state index in [0.717, 1.165) is 24.0 Å². The molecule has 186 valence electrons. The molecule has 0 spiro atoms. The predicted molar refractivity (Wildman–Crippen MR) is 134 cm³/mol. The average molecular weight is 483 g/mol. The van der Waals surface area contributed by atoms with Gasteiger partial charge in [0.25, 0.3) is 0 Å². The van der Waals surface area contributed by atoms with E-state index in [2.05, 4.69) is 6.92 Å². The van der Waals surface area contributed by atoms with Crippen molar-refractivity contribution >= 4 is 0 Å². The fraction of sp³-hybridized carbons (Fsp3) is 0.400. The molecule has 0 unspecified atom stereocenters. The summed E-state index contributed by atoms with van der Waals surface area (Å²) in [5.74, 6) is -2.13. The molecular formula is C30H33F3O2. The van der Waals surface area contributed by atoms with E-state index in [4.69, 9.17) is 9.47 Å². The Labute approximate surface area is 206 Å². The van der Waals surface area contributed by atoms with Crippen LogP contribution in [0.3, 0.4) is 0 Å². The summed E-state index contributed by atoms with van der Waals surface area (Å²) >= 11 is 0. The molecule has 1 aliphatic rings. The Morgan fingerprint density at radius 3 is 2.09 bits per heavy atom. The molecule has 1 aliphatic heterocycles. The number of halogens is 3. The number of ether oxygens (including phenoxy) is 2. The maximum Gasteiger partial charge on any atom is 0.166 e. The molecule has 0 aliphatic carbocycles. The van der Waals surface area contributed by atoms with Gasteiger partial charge in [-0.15, -0.1) is 0 Å². The molecule has 5 heteroatoms. The van der Waals surface area contributed by atoms with Crippen LogP contribution in [0, 0.1) is 24.4 Å². The molecule has 0 bridgehead atoms. The number of hydrogen-bond donors (Lipinski definition) is 0. The second-order valence-electron chi connectivity index (χ2n) is 9.37. The van der Waals surface area contributed by atoms with Crippen molar-refractivity contribution in [1.29, 1.82) is 0 Å². The molecule has 1 heterocycles. The van der Waals surface area contributed by atoms with E-state index in [9.17, 15) is 8.78 Å². The van der Waals surface area contributed by atoms with Gasteiger partial charge in [-0.3, -0.25) is 0 Å². The molecule has 0 amide bonds. The van der Waals surface area contributed by atoms with Gasteiger partial charge in [0.1, 0.15) is 5.82 Å². The van der Waals surface area contributed by atoms with Gasteiger partial charge in [0.15, 0.2) is 17.9 Å². The monoisotopic (exact) mass is 482 g/mol. The normalized spacial score (nSPS) is 18.1. The first-order chi connectivity index (χ1) is 17.0. The molecule has 4 rings (SSSR count). The highest BCUT2D eigenvalue weighted by Gasteiger charge is 2.25. The van der Waals surface area contributed by atoms with Crippen LogP contribution in [0.5, 0.6) is 0 Å². The summed E-state index contributed by atoms with van der Waals surface area (Å²) in [4.78, 5) is 0. The largest absolute Gasteiger partial charge is 0.352 e. The maximum atomic E-state index is 15.0. The van der Waals surface area contributed by atoms with Crippen molar-refractivity contribution in [2.75, 3.05) is 13.2 Å². The van der Waals surface area contributed by atoms with Crippen LogP contribution in [-0.2, 0) is 9.47 Å². The van der Waals surface area contributed by atoms with Gasteiger partial charge in [0.2, 0.25) is 0 Å². The molecule has 0 aromatic heterocycles. The summed E-state index contributed by atoms with van der Waals surface area (Å²) in [6.07, 6.45) is 6.69. The summed E-state index contributed by atoms with van der Waals surface area (Å²) in [7, 11) is 0. The van der Waals surface area contributed by atoms with Gasteiger partial charge in [-0.05, 0) is 53.6 Å². The van der Waals surface area contributed by atoms with Crippen LogP contribution in [0.1, 0.15) is 62.5 Å². The zero-order valence-electron chi connectivity index (χ0n) is 20.5. The highest BCUT2D eigenvalue weighted by molar-refractivity contribution is 5.71. The van der Waals surface area contributed by atoms with Gasteiger partial charge < -0.3 is 9.47 Å². The van der Waals surface area contributed by atoms with Gasteiger partial charge in [-0.2, -0.15) is 0 Å². The Balaban J connectivity index is 1.38. The van der Waals surface area contributed by atoms with Crippen LogP contribution in [0.25, 0.3) is 22.3 Å². The minimum atomic E-state index is -0.858. The van der Waals surface area contributed by atoms with Crippen molar-refractivity contribution in [3.8, 4) is 22.3 Å². The van der Waals surface area contributed by atoms with E-state index in [0.29, 0.717) is 24.3 Å². The molecular weight excluding hydrogens is 449 g/mol.